The Bertz CT molecular complexity index is 569. The SMILES string of the molecule is OC1C[C@H]2CC[C@@H](C1)N2c1ncc2cn[nH]c2n1. The van der Waals surface area contributed by atoms with E-state index >= 15 is 0 Å². The minimum absolute atomic E-state index is 0.158. The fourth-order valence-corrected chi connectivity index (χ4v) is 3.33. The molecule has 0 aliphatic carbocycles. The van der Waals surface area contributed by atoms with Crippen LogP contribution in [-0.4, -0.2) is 43.5 Å². The third kappa shape index (κ3) is 1.42. The molecule has 2 saturated heterocycles. The summed E-state index contributed by atoms with van der Waals surface area (Å²) in [4.78, 5) is 11.3. The predicted octanol–water partition coefficient (Wildman–Crippen LogP) is 0.845. The van der Waals surface area contributed by atoms with Crippen molar-refractivity contribution in [1.29, 1.82) is 0 Å². The third-order valence-electron chi connectivity index (χ3n) is 4.12. The van der Waals surface area contributed by atoms with Crippen LogP contribution in [0.5, 0.6) is 0 Å². The molecule has 1 unspecified atom stereocenters. The first-order valence-electron chi connectivity index (χ1n) is 6.44. The van der Waals surface area contributed by atoms with E-state index in [9.17, 15) is 5.11 Å². The molecule has 0 aromatic carbocycles. The van der Waals surface area contributed by atoms with E-state index in [0.717, 1.165) is 42.7 Å². The topological polar surface area (TPSA) is 77.9 Å². The Kier molecular flexibility index (Phi) is 2.08. The van der Waals surface area contributed by atoms with E-state index in [1.54, 1.807) is 6.20 Å². The van der Waals surface area contributed by atoms with Crippen LogP contribution in [0.1, 0.15) is 25.7 Å². The zero-order valence-electron chi connectivity index (χ0n) is 9.95. The number of nitrogens with one attached hydrogen (secondary N) is 1. The highest BCUT2D eigenvalue weighted by Crippen LogP contribution is 2.37. The van der Waals surface area contributed by atoms with Crippen molar-refractivity contribution in [3.8, 4) is 0 Å². The van der Waals surface area contributed by atoms with Gasteiger partial charge in [-0.3, -0.25) is 5.10 Å². The first kappa shape index (κ1) is 10.3. The highest BCUT2D eigenvalue weighted by atomic mass is 16.3. The fourth-order valence-electron chi connectivity index (χ4n) is 3.33. The number of aliphatic hydroxyl groups is 1. The van der Waals surface area contributed by atoms with Gasteiger partial charge < -0.3 is 10.0 Å². The maximum Gasteiger partial charge on any atom is 0.227 e. The molecule has 2 fully saturated rings. The highest BCUT2D eigenvalue weighted by molar-refractivity contribution is 5.73. The molecular formula is C12H15N5O. The Balaban J connectivity index is 1.74. The second kappa shape index (κ2) is 3.65. The molecular weight excluding hydrogens is 230 g/mol. The normalized spacial score (nSPS) is 31.2. The van der Waals surface area contributed by atoms with Crippen LogP contribution in [0.4, 0.5) is 5.95 Å². The number of hydrogen-bond acceptors (Lipinski definition) is 5. The summed E-state index contributed by atoms with van der Waals surface area (Å²) >= 11 is 0. The minimum Gasteiger partial charge on any atom is -0.393 e. The molecule has 4 heterocycles. The number of nitrogens with zero attached hydrogens (tertiary/aromatic N) is 4. The molecule has 2 N–H and O–H groups in total. The van der Waals surface area contributed by atoms with Crippen LogP contribution in [0.2, 0.25) is 0 Å². The van der Waals surface area contributed by atoms with E-state index in [2.05, 4.69) is 25.1 Å². The van der Waals surface area contributed by atoms with Crippen LogP contribution >= 0.6 is 0 Å². The number of fused-ring (bicyclic) bond motifs is 3. The molecule has 0 radical (unpaired) electrons. The summed E-state index contributed by atoms with van der Waals surface area (Å²) in [6.07, 6.45) is 7.31. The van der Waals surface area contributed by atoms with Gasteiger partial charge in [-0.25, -0.2) is 4.98 Å². The van der Waals surface area contributed by atoms with Gasteiger partial charge in [-0.1, -0.05) is 0 Å². The molecule has 2 aliphatic rings. The molecule has 6 nitrogen and oxygen atoms in total. The van der Waals surface area contributed by atoms with Gasteiger partial charge in [0, 0.05) is 18.3 Å². The van der Waals surface area contributed by atoms with Gasteiger partial charge in [0.05, 0.1) is 17.7 Å². The van der Waals surface area contributed by atoms with Gasteiger partial charge in [0.25, 0.3) is 0 Å². The van der Waals surface area contributed by atoms with Crippen molar-refractivity contribution in [1.82, 2.24) is 20.2 Å². The zero-order chi connectivity index (χ0) is 12.1. The first-order chi connectivity index (χ1) is 8.81. The summed E-state index contributed by atoms with van der Waals surface area (Å²) in [6.45, 7) is 0. The van der Waals surface area contributed by atoms with E-state index in [1.807, 2.05) is 6.20 Å². The number of piperidine rings is 1. The van der Waals surface area contributed by atoms with Crippen LogP contribution in [0.15, 0.2) is 12.4 Å². The quantitative estimate of drug-likeness (QED) is 0.778. The van der Waals surface area contributed by atoms with E-state index < -0.39 is 0 Å². The smallest absolute Gasteiger partial charge is 0.227 e. The molecule has 2 bridgehead atoms. The van der Waals surface area contributed by atoms with Crippen molar-refractivity contribution < 1.29 is 5.11 Å². The van der Waals surface area contributed by atoms with Crippen LogP contribution in [0.25, 0.3) is 11.0 Å². The number of aromatic amines is 1. The largest absolute Gasteiger partial charge is 0.393 e. The van der Waals surface area contributed by atoms with Gasteiger partial charge in [0.2, 0.25) is 5.95 Å². The number of anilines is 1. The Labute approximate surface area is 104 Å². The van der Waals surface area contributed by atoms with Gasteiger partial charge in [-0.15, -0.1) is 0 Å². The molecule has 0 amide bonds. The summed E-state index contributed by atoms with van der Waals surface area (Å²) in [5.41, 5.74) is 0.783. The molecule has 2 aromatic rings. The van der Waals surface area contributed by atoms with E-state index in [-0.39, 0.29) is 6.10 Å². The molecule has 2 aromatic heterocycles. The lowest BCUT2D eigenvalue weighted by Gasteiger charge is -2.37. The Hall–Kier alpha value is -1.69. The van der Waals surface area contributed by atoms with Crippen molar-refractivity contribution in [2.75, 3.05) is 4.90 Å². The molecule has 0 spiro atoms. The van der Waals surface area contributed by atoms with E-state index in [4.69, 9.17) is 0 Å². The maximum absolute atomic E-state index is 9.81. The van der Waals surface area contributed by atoms with Crippen molar-refractivity contribution in [3.05, 3.63) is 12.4 Å². The summed E-state index contributed by atoms with van der Waals surface area (Å²) in [7, 11) is 0. The standard InChI is InChI=1S/C12H15N5O/c18-10-3-8-1-2-9(4-10)17(8)12-13-5-7-6-14-16-11(7)15-12/h5-6,8-10,18H,1-4H2,(H,13,14,15,16)/t8-,9+,10?. The molecule has 4 rings (SSSR count). The minimum atomic E-state index is -0.158. The number of hydrogen-bond donors (Lipinski definition) is 2. The number of H-pyrrole nitrogens is 1. The second-order valence-corrected chi connectivity index (χ2v) is 5.26. The third-order valence-corrected chi connectivity index (χ3v) is 4.12. The van der Waals surface area contributed by atoms with Crippen molar-refractivity contribution in [2.45, 2.75) is 43.9 Å². The fraction of sp³-hybridized carbons (Fsp3) is 0.583. The van der Waals surface area contributed by atoms with Crippen LogP contribution < -0.4 is 4.90 Å². The van der Waals surface area contributed by atoms with Gasteiger partial charge in [-0.05, 0) is 25.7 Å². The zero-order valence-corrected chi connectivity index (χ0v) is 9.95. The Morgan fingerprint density at radius 2 is 2.00 bits per heavy atom. The summed E-state index contributed by atoms with van der Waals surface area (Å²) in [6, 6.07) is 0.776. The van der Waals surface area contributed by atoms with Crippen LogP contribution in [-0.2, 0) is 0 Å². The lowest BCUT2D eigenvalue weighted by Crippen LogP contribution is -2.45. The Morgan fingerprint density at radius 3 is 2.78 bits per heavy atom. The highest BCUT2D eigenvalue weighted by Gasteiger charge is 2.41. The van der Waals surface area contributed by atoms with Crippen LogP contribution in [0.3, 0.4) is 0 Å². The first-order valence-corrected chi connectivity index (χ1v) is 6.44. The van der Waals surface area contributed by atoms with Gasteiger partial charge >= 0.3 is 0 Å². The van der Waals surface area contributed by atoms with Crippen molar-refractivity contribution >= 4 is 17.0 Å². The van der Waals surface area contributed by atoms with Gasteiger partial charge in [0.1, 0.15) is 0 Å². The maximum atomic E-state index is 9.81. The molecule has 6 heteroatoms. The summed E-state index contributed by atoms with van der Waals surface area (Å²) in [5, 5.41) is 17.6. The number of rotatable bonds is 1. The second-order valence-electron chi connectivity index (χ2n) is 5.26. The van der Waals surface area contributed by atoms with E-state index in [0.29, 0.717) is 12.1 Å². The number of aromatic nitrogens is 4. The molecule has 18 heavy (non-hydrogen) atoms. The molecule has 2 aliphatic heterocycles. The van der Waals surface area contributed by atoms with Crippen molar-refractivity contribution in [3.63, 3.8) is 0 Å². The van der Waals surface area contributed by atoms with Crippen molar-refractivity contribution in [2.24, 2.45) is 0 Å². The molecule has 3 atom stereocenters. The molecule has 0 saturated carbocycles. The Morgan fingerprint density at radius 1 is 1.22 bits per heavy atom. The lowest BCUT2D eigenvalue weighted by molar-refractivity contribution is 0.125. The number of aliphatic hydroxyl groups excluding tert-OH is 1. The monoisotopic (exact) mass is 245 g/mol. The summed E-state index contributed by atoms with van der Waals surface area (Å²) < 4.78 is 0. The van der Waals surface area contributed by atoms with Crippen LogP contribution in [0, 0.1) is 0 Å². The average molecular weight is 245 g/mol. The molecule has 94 valence electrons. The predicted molar refractivity (Wildman–Crippen MR) is 66.2 cm³/mol. The van der Waals surface area contributed by atoms with Gasteiger partial charge in [-0.2, -0.15) is 10.1 Å². The summed E-state index contributed by atoms with van der Waals surface area (Å²) in [5.74, 6) is 0.770. The van der Waals surface area contributed by atoms with E-state index in [1.165, 1.54) is 0 Å². The lowest BCUT2D eigenvalue weighted by atomic mass is 10.0. The average Bonchev–Trinajstić information content (AvgIpc) is 2.91. The van der Waals surface area contributed by atoms with Gasteiger partial charge in [0.15, 0.2) is 5.65 Å².